The maximum absolute atomic E-state index is 12.0. The summed E-state index contributed by atoms with van der Waals surface area (Å²) in [5.41, 5.74) is 1.83. The third-order valence-corrected chi connectivity index (χ3v) is 4.53. The lowest BCUT2D eigenvalue weighted by Gasteiger charge is -2.08. The first-order valence-corrected chi connectivity index (χ1v) is 8.23. The summed E-state index contributed by atoms with van der Waals surface area (Å²) in [6, 6.07) is 7.50. The second-order valence-electron chi connectivity index (χ2n) is 4.89. The molecule has 0 aliphatic carbocycles. The van der Waals surface area contributed by atoms with Gasteiger partial charge in [-0.25, -0.2) is 4.98 Å². The number of anilines is 1. The fourth-order valence-corrected chi connectivity index (χ4v) is 3.34. The first kappa shape index (κ1) is 17.4. The molecular weight excluding hydrogens is 390 g/mol. The number of hydrogen-bond donors (Lipinski definition) is 3. The molecule has 2 heterocycles. The lowest BCUT2D eigenvalue weighted by Crippen LogP contribution is -2.35. The third-order valence-electron chi connectivity index (χ3n) is 3.28. The summed E-state index contributed by atoms with van der Waals surface area (Å²) in [6.07, 6.45) is -0.00957. The molecule has 2 unspecified atom stereocenters. The van der Waals surface area contributed by atoms with E-state index < -0.39 is 6.10 Å². The molecule has 8 heteroatoms. The summed E-state index contributed by atoms with van der Waals surface area (Å²) < 4.78 is 0.989. The van der Waals surface area contributed by atoms with Gasteiger partial charge >= 0.3 is 0 Å². The van der Waals surface area contributed by atoms with Crippen LogP contribution in [0, 0.1) is 0 Å². The van der Waals surface area contributed by atoms with E-state index in [2.05, 4.69) is 31.5 Å². The number of amides is 1. The van der Waals surface area contributed by atoms with Crippen LogP contribution in [0.4, 0.5) is 5.13 Å². The molecule has 2 atom stereocenters. The van der Waals surface area contributed by atoms with Crippen molar-refractivity contribution in [2.75, 3.05) is 11.9 Å². The van der Waals surface area contributed by atoms with E-state index in [9.17, 15) is 9.90 Å². The zero-order valence-electron chi connectivity index (χ0n) is 11.5. The molecule has 5 nitrogen and oxygen atoms in total. The van der Waals surface area contributed by atoms with E-state index in [1.807, 2.05) is 29.6 Å². The van der Waals surface area contributed by atoms with Crippen molar-refractivity contribution in [3.63, 3.8) is 0 Å². The van der Waals surface area contributed by atoms with Crippen LogP contribution in [0.1, 0.15) is 6.42 Å². The summed E-state index contributed by atoms with van der Waals surface area (Å²) in [7, 11) is 0. The number of halogens is 2. The van der Waals surface area contributed by atoms with Crippen LogP contribution in [0.15, 0.2) is 34.1 Å². The molecule has 1 fully saturated rings. The van der Waals surface area contributed by atoms with E-state index in [0.717, 1.165) is 15.7 Å². The molecule has 22 heavy (non-hydrogen) atoms. The van der Waals surface area contributed by atoms with Crippen molar-refractivity contribution < 1.29 is 9.90 Å². The average Bonchev–Trinajstić information content (AvgIpc) is 3.08. The number of benzene rings is 1. The number of nitrogens with one attached hydrogen (secondary N) is 2. The zero-order chi connectivity index (χ0) is 14.8. The second kappa shape index (κ2) is 7.52. The van der Waals surface area contributed by atoms with Crippen LogP contribution in [0.2, 0.25) is 0 Å². The van der Waals surface area contributed by atoms with Crippen LogP contribution in [0.5, 0.6) is 0 Å². The molecular formula is C14H15BrClN3O2S. The van der Waals surface area contributed by atoms with Crippen LogP contribution in [-0.2, 0) is 4.79 Å². The number of carbonyl (C=O) groups is 1. The van der Waals surface area contributed by atoms with Crippen LogP contribution in [-0.4, -0.2) is 34.7 Å². The highest BCUT2D eigenvalue weighted by Gasteiger charge is 2.28. The number of aliphatic hydroxyl groups is 1. The van der Waals surface area contributed by atoms with Gasteiger partial charge in [0, 0.05) is 22.0 Å². The van der Waals surface area contributed by atoms with E-state index >= 15 is 0 Å². The quantitative estimate of drug-likeness (QED) is 0.735. The normalized spacial score (nSPS) is 20.5. The summed E-state index contributed by atoms with van der Waals surface area (Å²) in [5, 5.41) is 17.7. The SMILES string of the molecule is Cl.O=C(Nc1nc(-c2cccc(Br)c2)cs1)C1CC(O)CN1. The molecule has 1 aromatic carbocycles. The molecule has 1 amide bonds. The fraction of sp³-hybridized carbons (Fsp3) is 0.286. The number of nitrogens with zero attached hydrogens (tertiary/aromatic N) is 1. The molecule has 0 radical (unpaired) electrons. The minimum atomic E-state index is -0.450. The van der Waals surface area contributed by atoms with Crippen molar-refractivity contribution in [3.05, 3.63) is 34.1 Å². The number of aliphatic hydroxyl groups excluding tert-OH is 1. The van der Waals surface area contributed by atoms with Crippen molar-refractivity contribution in [2.45, 2.75) is 18.6 Å². The maximum Gasteiger partial charge on any atom is 0.243 e. The predicted octanol–water partition coefficient (Wildman–Crippen LogP) is 2.66. The van der Waals surface area contributed by atoms with Crippen molar-refractivity contribution in [2.24, 2.45) is 0 Å². The Labute approximate surface area is 146 Å². The largest absolute Gasteiger partial charge is 0.392 e. The molecule has 3 N–H and O–H groups in total. The fourth-order valence-electron chi connectivity index (χ4n) is 2.22. The van der Waals surface area contributed by atoms with Gasteiger partial charge in [-0.2, -0.15) is 0 Å². The van der Waals surface area contributed by atoms with Gasteiger partial charge in [0.05, 0.1) is 17.8 Å². The summed E-state index contributed by atoms with van der Waals surface area (Å²) >= 11 is 4.82. The lowest BCUT2D eigenvalue weighted by atomic mass is 10.2. The van der Waals surface area contributed by atoms with Crippen molar-refractivity contribution in [1.82, 2.24) is 10.3 Å². The molecule has 0 saturated carbocycles. The summed E-state index contributed by atoms with van der Waals surface area (Å²) in [4.78, 5) is 16.5. The Morgan fingerprint density at radius 3 is 3.00 bits per heavy atom. The first-order valence-electron chi connectivity index (χ1n) is 6.55. The highest BCUT2D eigenvalue weighted by atomic mass is 79.9. The molecule has 0 bridgehead atoms. The van der Waals surface area contributed by atoms with Gasteiger partial charge in [0.25, 0.3) is 0 Å². The van der Waals surface area contributed by atoms with E-state index in [-0.39, 0.29) is 24.4 Å². The Hall–Kier alpha value is -0.990. The van der Waals surface area contributed by atoms with E-state index in [0.29, 0.717) is 18.1 Å². The molecule has 118 valence electrons. The van der Waals surface area contributed by atoms with E-state index in [4.69, 9.17) is 0 Å². The summed E-state index contributed by atoms with van der Waals surface area (Å²) in [5.74, 6) is -0.151. The third kappa shape index (κ3) is 4.05. The number of hydrogen-bond acceptors (Lipinski definition) is 5. The van der Waals surface area contributed by atoms with Crippen LogP contribution in [0.3, 0.4) is 0 Å². The lowest BCUT2D eigenvalue weighted by molar-refractivity contribution is -0.117. The molecule has 1 saturated heterocycles. The van der Waals surface area contributed by atoms with Gasteiger partial charge < -0.3 is 15.7 Å². The highest BCUT2D eigenvalue weighted by Crippen LogP contribution is 2.27. The van der Waals surface area contributed by atoms with E-state index in [1.54, 1.807) is 0 Å². The van der Waals surface area contributed by atoms with Gasteiger partial charge in [-0.1, -0.05) is 28.1 Å². The number of rotatable bonds is 3. The minimum Gasteiger partial charge on any atom is -0.392 e. The smallest absolute Gasteiger partial charge is 0.243 e. The zero-order valence-corrected chi connectivity index (χ0v) is 14.7. The van der Waals surface area contributed by atoms with Crippen molar-refractivity contribution in [1.29, 1.82) is 0 Å². The number of β-amino-alcohol motifs (C(OH)–C–C–N with tert-alkyl or cyclic N) is 1. The monoisotopic (exact) mass is 403 g/mol. The van der Waals surface area contributed by atoms with Gasteiger partial charge in [-0.05, 0) is 18.6 Å². The Kier molecular flexibility index (Phi) is 5.94. The molecule has 1 aliphatic rings. The van der Waals surface area contributed by atoms with Crippen LogP contribution < -0.4 is 10.6 Å². The van der Waals surface area contributed by atoms with E-state index in [1.165, 1.54) is 11.3 Å². The predicted molar refractivity (Wildman–Crippen MR) is 93.5 cm³/mol. The molecule has 1 aliphatic heterocycles. The highest BCUT2D eigenvalue weighted by molar-refractivity contribution is 9.10. The topological polar surface area (TPSA) is 74.2 Å². The Morgan fingerprint density at radius 1 is 1.50 bits per heavy atom. The Balaban J connectivity index is 0.00000176. The molecule has 0 spiro atoms. The van der Waals surface area contributed by atoms with Crippen molar-refractivity contribution >= 4 is 50.7 Å². The van der Waals surface area contributed by atoms with Gasteiger partial charge in [0.2, 0.25) is 5.91 Å². The number of thiazole rings is 1. The second-order valence-corrected chi connectivity index (χ2v) is 6.66. The standard InChI is InChI=1S/C14H14BrN3O2S.ClH/c15-9-3-1-2-8(4-9)12-7-21-14(17-12)18-13(20)11-5-10(19)6-16-11;/h1-4,7,10-11,16,19H,5-6H2,(H,17,18,20);1H. The molecule has 2 aromatic rings. The average molecular weight is 405 g/mol. The Morgan fingerprint density at radius 2 is 2.32 bits per heavy atom. The van der Waals surface area contributed by atoms with Gasteiger partial charge in [0.1, 0.15) is 0 Å². The summed E-state index contributed by atoms with van der Waals surface area (Å²) in [6.45, 7) is 0.458. The van der Waals surface area contributed by atoms with Crippen molar-refractivity contribution in [3.8, 4) is 11.3 Å². The molecule has 3 rings (SSSR count). The molecule has 1 aromatic heterocycles. The maximum atomic E-state index is 12.0. The number of aromatic nitrogens is 1. The van der Waals surface area contributed by atoms with Crippen LogP contribution >= 0.6 is 39.7 Å². The Bertz CT molecular complexity index is 667. The van der Waals surface area contributed by atoms with Crippen LogP contribution in [0.25, 0.3) is 11.3 Å². The van der Waals surface area contributed by atoms with Gasteiger partial charge in [0.15, 0.2) is 5.13 Å². The minimum absolute atomic E-state index is 0. The van der Waals surface area contributed by atoms with Gasteiger partial charge in [-0.3, -0.25) is 4.79 Å². The first-order chi connectivity index (χ1) is 10.1. The van der Waals surface area contributed by atoms with Gasteiger partial charge in [-0.15, -0.1) is 23.7 Å². The number of carbonyl (C=O) groups excluding carboxylic acids is 1.